The molecule has 2 aromatic rings. The van der Waals surface area contributed by atoms with Crippen LogP contribution >= 0.6 is 0 Å². The molecule has 0 aliphatic carbocycles. The molecule has 0 saturated carbocycles. The molecule has 0 spiro atoms. The van der Waals surface area contributed by atoms with Gasteiger partial charge in [-0.25, -0.2) is 0 Å². The number of phenolic OH excluding ortho intramolecular Hbond substituents is 3. The molecule has 17 heavy (non-hydrogen) atoms. The minimum Gasteiger partial charge on any atom is -0.507 e. The van der Waals surface area contributed by atoms with Gasteiger partial charge in [0.15, 0.2) is 11.5 Å². The van der Waals surface area contributed by atoms with Crippen LogP contribution in [0.4, 0.5) is 0 Å². The zero-order valence-corrected chi connectivity index (χ0v) is 9.73. The van der Waals surface area contributed by atoms with E-state index in [1.165, 1.54) is 0 Å². The van der Waals surface area contributed by atoms with Crippen LogP contribution in [0.5, 0.6) is 17.2 Å². The van der Waals surface area contributed by atoms with Gasteiger partial charge >= 0.3 is 0 Å². The fourth-order valence-electron chi connectivity index (χ4n) is 1.86. The number of rotatable bonds is 1. The highest BCUT2D eigenvalue weighted by Gasteiger charge is 2.15. The van der Waals surface area contributed by atoms with E-state index in [2.05, 4.69) is 0 Å². The number of phenols is 3. The molecule has 3 heteroatoms. The van der Waals surface area contributed by atoms with Crippen molar-refractivity contribution in [3.05, 3.63) is 41.5 Å². The van der Waals surface area contributed by atoms with Gasteiger partial charge < -0.3 is 15.3 Å². The molecule has 2 rings (SSSR count). The summed E-state index contributed by atoms with van der Waals surface area (Å²) in [4.78, 5) is 0. The molecule has 0 amide bonds. The summed E-state index contributed by atoms with van der Waals surface area (Å²) >= 11 is 0. The van der Waals surface area contributed by atoms with Gasteiger partial charge in [0.2, 0.25) is 0 Å². The van der Waals surface area contributed by atoms with Crippen molar-refractivity contribution in [3.63, 3.8) is 0 Å². The average Bonchev–Trinajstić information content (AvgIpc) is 2.29. The maximum atomic E-state index is 9.85. The minimum atomic E-state index is -0.309. The summed E-state index contributed by atoms with van der Waals surface area (Å²) in [6.07, 6.45) is 0. The van der Waals surface area contributed by atoms with Gasteiger partial charge in [-0.3, -0.25) is 0 Å². The Hall–Kier alpha value is -2.16. The predicted molar refractivity (Wildman–Crippen MR) is 66.3 cm³/mol. The first kappa shape index (κ1) is 11.3. The van der Waals surface area contributed by atoms with Crippen LogP contribution in [0.15, 0.2) is 30.3 Å². The van der Waals surface area contributed by atoms with Crippen LogP contribution in [-0.2, 0) is 0 Å². The Morgan fingerprint density at radius 3 is 2.00 bits per heavy atom. The second-order valence-electron chi connectivity index (χ2n) is 4.13. The molecular formula is C14H14O3. The molecule has 0 saturated heterocycles. The first-order valence-corrected chi connectivity index (χ1v) is 5.32. The fraction of sp³-hybridized carbons (Fsp3) is 0.143. The predicted octanol–water partition coefficient (Wildman–Crippen LogP) is 3.09. The Labute approximate surface area is 99.6 Å². The second kappa shape index (κ2) is 4.01. The largest absolute Gasteiger partial charge is 0.507 e. The van der Waals surface area contributed by atoms with Crippen LogP contribution in [0.25, 0.3) is 11.1 Å². The van der Waals surface area contributed by atoms with E-state index >= 15 is 0 Å². The zero-order chi connectivity index (χ0) is 12.6. The highest BCUT2D eigenvalue weighted by molar-refractivity contribution is 5.77. The number of hydrogen-bond donors (Lipinski definition) is 3. The van der Waals surface area contributed by atoms with E-state index < -0.39 is 0 Å². The van der Waals surface area contributed by atoms with Crippen LogP contribution in [0.3, 0.4) is 0 Å². The second-order valence-corrected chi connectivity index (χ2v) is 4.13. The van der Waals surface area contributed by atoms with Crippen molar-refractivity contribution in [1.82, 2.24) is 0 Å². The highest BCUT2D eigenvalue weighted by atomic mass is 16.3. The normalized spacial score (nSPS) is 10.5. The molecule has 0 aromatic heterocycles. The summed E-state index contributed by atoms with van der Waals surface area (Å²) < 4.78 is 0. The fourth-order valence-corrected chi connectivity index (χ4v) is 1.86. The van der Waals surface area contributed by atoms with Gasteiger partial charge in [0.25, 0.3) is 0 Å². The Balaban J connectivity index is 2.67. The molecule has 0 bridgehead atoms. The van der Waals surface area contributed by atoms with E-state index in [-0.39, 0.29) is 17.2 Å². The molecule has 0 atom stereocenters. The van der Waals surface area contributed by atoms with Crippen molar-refractivity contribution in [2.45, 2.75) is 13.8 Å². The summed E-state index contributed by atoms with van der Waals surface area (Å²) in [6.45, 7) is 3.63. The zero-order valence-electron chi connectivity index (χ0n) is 9.73. The van der Waals surface area contributed by atoms with E-state index in [0.717, 1.165) is 17.2 Å². The van der Waals surface area contributed by atoms with Crippen LogP contribution in [0, 0.1) is 13.8 Å². The van der Waals surface area contributed by atoms with E-state index in [1.807, 2.05) is 31.2 Å². The standard InChI is InChI=1S/C14H14O3/c1-8-3-5-10(6-4-8)13-9(2)14(17)12(16)7-11(13)15/h3-7,15-17H,1-2H3. The van der Waals surface area contributed by atoms with Gasteiger partial charge in [-0.2, -0.15) is 0 Å². The summed E-state index contributed by atoms with van der Waals surface area (Å²) in [5.74, 6) is -0.545. The SMILES string of the molecule is Cc1ccc(-c2c(O)cc(O)c(O)c2C)cc1. The van der Waals surface area contributed by atoms with E-state index in [0.29, 0.717) is 11.1 Å². The number of hydrogen-bond acceptors (Lipinski definition) is 3. The topological polar surface area (TPSA) is 60.7 Å². The quantitative estimate of drug-likeness (QED) is 0.521. The summed E-state index contributed by atoms with van der Waals surface area (Å²) in [6, 6.07) is 8.75. The first-order chi connectivity index (χ1) is 8.00. The lowest BCUT2D eigenvalue weighted by Gasteiger charge is -2.12. The summed E-state index contributed by atoms with van der Waals surface area (Å²) in [7, 11) is 0. The molecule has 0 aliphatic rings. The molecule has 0 aliphatic heterocycles. The van der Waals surface area contributed by atoms with Gasteiger partial charge in [-0.15, -0.1) is 0 Å². The maximum absolute atomic E-state index is 9.85. The van der Waals surface area contributed by atoms with Crippen molar-refractivity contribution in [1.29, 1.82) is 0 Å². The van der Waals surface area contributed by atoms with Gasteiger partial charge in [0.1, 0.15) is 5.75 Å². The lowest BCUT2D eigenvalue weighted by molar-refractivity contribution is 0.394. The van der Waals surface area contributed by atoms with Crippen LogP contribution < -0.4 is 0 Å². The number of benzene rings is 2. The van der Waals surface area contributed by atoms with Crippen LogP contribution in [0.2, 0.25) is 0 Å². The van der Waals surface area contributed by atoms with Crippen LogP contribution in [-0.4, -0.2) is 15.3 Å². The van der Waals surface area contributed by atoms with E-state index in [4.69, 9.17) is 0 Å². The molecule has 0 heterocycles. The minimum absolute atomic E-state index is 0.0401. The lowest BCUT2D eigenvalue weighted by Crippen LogP contribution is -1.86. The van der Waals surface area contributed by atoms with Crippen molar-refractivity contribution in [2.24, 2.45) is 0 Å². The van der Waals surface area contributed by atoms with Crippen LogP contribution in [0.1, 0.15) is 11.1 Å². The third kappa shape index (κ3) is 1.91. The van der Waals surface area contributed by atoms with Gasteiger partial charge in [0.05, 0.1) is 0 Å². The molecular weight excluding hydrogens is 216 g/mol. The van der Waals surface area contributed by atoms with Crippen molar-refractivity contribution in [3.8, 4) is 28.4 Å². The molecule has 88 valence electrons. The monoisotopic (exact) mass is 230 g/mol. The highest BCUT2D eigenvalue weighted by Crippen LogP contribution is 2.42. The van der Waals surface area contributed by atoms with Crippen molar-refractivity contribution in [2.75, 3.05) is 0 Å². The molecule has 0 unspecified atom stereocenters. The summed E-state index contributed by atoms with van der Waals surface area (Å²) in [5, 5.41) is 28.9. The molecule has 0 fully saturated rings. The Kier molecular flexibility index (Phi) is 2.68. The number of aromatic hydroxyl groups is 3. The molecule has 3 nitrogen and oxygen atoms in total. The third-order valence-corrected chi connectivity index (χ3v) is 2.84. The Bertz CT molecular complexity index is 557. The van der Waals surface area contributed by atoms with Gasteiger partial charge in [-0.05, 0) is 19.4 Å². The molecule has 0 radical (unpaired) electrons. The third-order valence-electron chi connectivity index (χ3n) is 2.84. The first-order valence-electron chi connectivity index (χ1n) is 5.32. The summed E-state index contributed by atoms with van der Waals surface area (Å²) in [5.41, 5.74) is 2.93. The van der Waals surface area contributed by atoms with E-state index in [1.54, 1.807) is 6.92 Å². The lowest BCUT2D eigenvalue weighted by atomic mass is 9.97. The Morgan fingerprint density at radius 2 is 1.41 bits per heavy atom. The van der Waals surface area contributed by atoms with Gasteiger partial charge in [0, 0.05) is 17.2 Å². The van der Waals surface area contributed by atoms with E-state index in [9.17, 15) is 15.3 Å². The smallest absolute Gasteiger partial charge is 0.161 e. The molecule has 3 N–H and O–H groups in total. The Morgan fingerprint density at radius 1 is 0.824 bits per heavy atom. The van der Waals surface area contributed by atoms with Gasteiger partial charge in [-0.1, -0.05) is 29.8 Å². The average molecular weight is 230 g/mol. The maximum Gasteiger partial charge on any atom is 0.161 e. The molecule has 2 aromatic carbocycles. The number of aryl methyl sites for hydroxylation is 1. The van der Waals surface area contributed by atoms with Crippen molar-refractivity contribution < 1.29 is 15.3 Å². The van der Waals surface area contributed by atoms with Crippen molar-refractivity contribution >= 4 is 0 Å².